The highest BCUT2D eigenvalue weighted by atomic mass is 16.5. The van der Waals surface area contributed by atoms with Crippen molar-refractivity contribution < 1.29 is 9.53 Å². The molecule has 5 rings (SSSR count). The minimum Gasteiger partial charge on any atom is -0.381 e. The maximum Gasteiger partial charge on any atom is 0.244 e. The zero-order valence-electron chi connectivity index (χ0n) is 21.5. The van der Waals surface area contributed by atoms with E-state index in [9.17, 15) is 4.79 Å². The van der Waals surface area contributed by atoms with Crippen molar-refractivity contribution in [2.45, 2.75) is 50.6 Å². The maximum atomic E-state index is 13.8. The lowest BCUT2D eigenvalue weighted by Crippen LogP contribution is -2.65. The van der Waals surface area contributed by atoms with E-state index in [1.54, 1.807) is 0 Å². The molecule has 3 saturated heterocycles. The normalized spacial score (nSPS) is 24.1. The van der Waals surface area contributed by atoms with Crippen LogP contribution in [0.3, 0.4) is 0 Å². The molecule has 35 heavy (non-hydrogen) atoms. The van der Waals surface area contributed by atoms with Gasteiger partial charge in [0.15, 0.2) is 0 Å². The molecule has 3 aliphatic heterocycles. The first kappa shape index (κ1) is 24.3. The molecule has 0 spiro atoms. The standard InChI is InChI=1S/C29H40N4O2/c1-29(2)21-33(25-10-8-22(9-11-25)23-12-18-35-19-13-23)28(34)26(30-29)20-24-6-4-5-7-27(24)32-16-14-31(3)15-17-32/h4-11,23,26,30H,12-21H2,1-3H3. The Kier molecular flexibility index (Phi) is 7.14. The van der Waals surface area contributed by atoms with E-state index in [-0.39, 0.29) is 17.5 Å². The van der Waals surface area contributed by atoms with Crippen molar-refractivity contribution in [2.24, 2.45) is 0 Å². The fourth-order valence-electron chi connectivity index (χ4n) is 5.81. The second kappa shape index (κ2) is 10.3. The highest BCUT2D eigenvalue weighted by Crippen LogP contribution is 2.31. The second-order valence-electron chi connectivity index (χ2n) is 11.1. The molecule has 0 radical (unpaired) electrons. The van der Waals surface area contributed by atoms with Crippen LogP contribution < -0.4 is 15.1 Å². The van der Waals surface area contributed by atoms with E-state index in [0.717, 1.165) is 57.9 Å². The van der Waals surface area contributed by atoms with Crippen molar-refractivity contribution in [1.29, 1.82) is 0 Å². The molecule has 6 nitrogen and oxygen atoms in total. The Bertz CT molecular complexity index is 1010. The zero-order valence-corrected chi connectivity index (χ0v) is 21.5. The van der Waals surface area contributed by atoms with Gasteiger partial charge in [-0.1, -0.05) is 30.3 Å². The number of carbonyl (C=O) groups is 1. The smallest absolute Gasteiger partial charge is 0.244 e. The van der Waals surface area contributed by atoms with Gasteiger partial charge in [-0.2, -0.15) is 0 Å². The van der Waals surface area contributed by atoms with E-state index in [4.69, 9.17) is 4.74 Å². The average molecular weight is 477 g/mol. The number of nitrogens with one attached hydrogen (secondary N) is 1. The monoisotopic (exact) mass is 476 g/mol. The van der Waals surface area contributed by atoms with Gasteiger partial charge in [-0.05, 0) is 75.4 Å². The molecule has 0 saturated carbocycles. The SMILES string of the molecule is CN1CCN(c2ccccc2CC2NC(C)(C)CN(c3ccc(C4CCOCC4)cc3)C2=O)CC1. The predicted octanol–water partition coefficient (Wildman–Crippen LogP) is 3.66. The van der Waals surface area contributed by atoms with Crippen molar-refractivity contribution >= 4 is 17.3 Å². The van der Waals surface area contributed by atoms with Crippen LogP contribution >= 0.6 is 0 Å². The summed E-state index contributed by atoms with van der Waals surface area (Å²) < 4.78 is 5.52. The Morgan fingerprint density at radius 3 is 2.37 bits per heavy atom. The summed E-state index contributed by atoms with van der Waals surface area (Å²) in [5.74, 6) is 0.725. The number of carbonyl (C=O) groups excluding carboxylic acids is 1. The molecule has 188 valence electrons. The van der Waals surface area contributed by atoms with Gasteiger partial charge in [-0.15, -0.1) is 0 Å². The molecule has 2 aromatic rings. The number of hydrogen-bond acceptors (Lipinski definition) is 5. The minimum atomic E-state index is -0.248. The third-order valence-corrected chi connectivity index (χ3v) is 7.84. The van der Waals surface area contributed by atoms with Crippen molar-refractivity contribution in [3.63, 3.8) is 0 Å². The number of rotatable bonds is 5. The molecule has 0 aromatic heterocycles. The molecule has 0 bridgehead atoms. The van der Waals surface area contributed by atoms with Gasteiger partial charge in [0.05, 0.1) is 6.04 Å². The molecule has 3 heterocycles. The Morgan fingerprint density at radius 1 is 0.971 bits per heavy atom. The summed E-state index contributed by atoms with van der Waals surface area (Å²) >= 11 is 0. The van der Waals surface area contributed by atoms with Crippen molar-refractivity contribution in [2.75, 3.05) is 62.8 Å². The summed E-state index contributed by atoms with van der Waals surface area (Å²) in [4.78, 5) is 20.6. The Morgan fingerprint density at radius 2 is 1.66 bits per heavy atom. The zero-order chi connectivity index (χ0) is 24.4. The molecular weight excluding hydrogens is 436 g/mol. The summed E-state index contributed by atoms with van der Waals surface area (Å²) in [5.41, 5.74) is 4.71. The minimum absolute atomic E-state index is 0.163. The number of anilines is 2. The van der Waals surface area contributed by atoms with Gasteiger partial charge < -0.3 is 19.4 Å². The number of nitrogens with zero attached hydrogens (tertiary/aromatic N) is 3. The number of piperazine rings is 2. The number of amides is 1. The molecule has 3 fully saturated rings. The molecule has 0 aliphatic carbocycles. The predicted molar refractivity (Wildman–Crippen MR) is 142 cm³/mol. The molecule has 2 aromatic carbocycles. The van der Waals surface area contributed by atoms with E-state index in [1.807, 2.05) is 4.90 Å². The van der Waals surface area contributed by atoms with Gasteiger partial charge in [0.2, 0.25) is 5.91 Å². The average Bonchev–Trinajstić information content (AvgIpc) is 2.87. The quantitative estimate of drug-likeness (QED) is 0.714. The van der Waals surface area contributed by atoms with Crippen LogP contribution in [0.4, 0.5) is 11.4 Å². The lowest BCUT2D eigenvalue weighted by Gasteiger charge is -2.44. The topological polar surface area (TPSA) is 48.0 Å². The number of likely N-dealkylation sites (N-methyl/N-ethyl adjacent to an activating group) is 1. The van der Waals surface area contributed by atoms with Crippen LogP contribution in [-0.4, -0.2) is 75.4 Å². The largest absolute Gasteiger partial charge is 0.381 e. The van der Waals surface area contributed by atoms with Gasteiger partial charge in [-0.25, -0.2) is 0 Å². The summed E-state index contributed by atoms with van der Waals surface area (Å²) in [6, 6.07) is 17.1. The van der Waals surface area contributed by atoms with E-state index in [0.29, 0.717) is 18.9 Å². The number of benzene rings is 2. The van der Waals surface area contributed by atoms with Gasteiger partial charge >= 0.3 is 0 Å². The number of hydrogen-bond donors (Lipinski definition) is 1. The summed E-state index contributed by atoms with van der Waals surface area (Å²) in [6.07, 6.45) is 2.85. The molecule has 6 heteroatoms. The van der Waals surface area contributed by atoms with Crippen LogP contribution in [0.2, 0.25) is 0 Å². The molecule has 1 atom stereocenters. The van der Waals surface area contributed by atoms with Crippen LogP contribution in [0.1, 0.15) is 43.7 Å². The first-order chi connectivity index (χ1) is 16.9. The first-order valence-electron chi connectivity index (χ1n) is 13.2. The Hall–Kier alpha value is -2.41. The van der Waals surface area contributed by atoms with Crippen molar-refractivity contribution in [3.8, 4) is 0 Å². The lowest BCUT2D eigenvalue weighted by molar-refractivity contribution is -0.122. The first-order valence-corrected chi connectivity index (χ1v) is 13.2. The van der Waals surface area contributed by atoms with Crippen LogP contribution in [0.15, 0.2) is 48.5 Å². The van der Waals surface area contributed by atoms with E-state index in [2.05, 4.69) is 84.5 Å². The van der Waals surface area contributed by atoms with Gasteiger partial charge in [0, 0.05) is 62.9 Å². The van der Waals surface area contributed by atoms with Gasteiger partial charge in [0.1, 0.15) is 0 Å². The van der Waals surface area contributed by atoms with Crippen molar-refractivity contribution in [1.82, 2.24) is 10.2 Å². The van der Waals surface area contributed by atoms with E-state index >= 15 is 0 Å². The third-order valence-electron chi connectivity index (χ3n) is 7.84. The third kappa shape index (κ3) is 5.55. The van der Waals surface area contributed by atoms with E-state index < -0.39 is 0 Å². The van der Waals surface area contributed by atoms with Gasteiger partial charge in [-0.3, -0.25) is 10.1 Å². The second-order valence-corrected chi connectivity index (χ2v) is 11.1. The van der Waals surface area contributed by atoms with Crippen LogP contribution in [0.5, 0.6) is 0 Å². The van der Waals surface area contributed by atoms with Crippen LogP contribution in [0.25, 0.3) is 0 Å². The Balaban J connectivity index is 1.34. The molecule has 1 unspecified atom stereocenters. The molecular formula is C29H40N4O2. The van der Waals surface area contributed by atoms with E-state index in [1.165, 1.54) is 16.8 Å². The summed E-state index contributed by atoms with van der Waals surface area (Å²) in [6.45, 7) is 10.9. The molecule has 1 N–H and O–H groups in total. The Labute approximate surface area is 210 Å². The summed E-state index contributed by atoms with van der Waals surface area (Å²) in [7, 11) is 2.18. The molecule has 1 amide bonds. The van der Waals surface area contributed by atoms with Gasteiger partial charge in [0.25, 0.3) is 0 Å². The maximum absolute atomic E-state index is 13.8. The lowest BCUT2D eigenvalue weighted by atomic mass is 9.90. The summed E-state index contributed by atoms with van der Waals surface area (Å²) in [5, 5.41) is 3.66. The van der Waals surface area contributed by atoms with Crippen LogP contribution in [-0.2, 0) is 16.0 Å². The highest BCUT2D eigenvalue weighted by Gasteiger charge is 2.39. The number of para-hydroxylation sites is 1. The van der Waals surface area contributed by atoms with Crippen molar-refractivity contribution in [3.05, 3.63) is 59.7 Å². The molecule has 3 aliphatic rings. The fourth-order valence-corrected chi connectivity index (χ4v) is 5.81. The van der Waals surface area contributed by atoms with Crippen LogP contribution in [0, 0.1) is 0 Å². The number of ether oxygens (including phenoxy) is 1. The highest BCUT2D eigenvalue weighted by molar-refractivity contribution is 5.98. The fraction of sp³-hybridized carbons (Fsp3) is 0.552.